The highest BCUT2D eigenvalue weighted by Gasteiger charge is 2.12. The van der Waals surface area contributed by atoms with Gasteiger partial charge < -0.3 is 9.79 Å². The van der Waals surface area contributed by atoms with E-state index in [0.717, 1.165) is 12.8 Å². The highest BCUT2D eigenvalue weighted by molar-refractivity contribution is 7.46. The van der Waals surface area contributed by atoms with Crippen LogP contribution in [0, 0.1) is 0 Å². The normalized spacial score (nSPS) is 12.0. The Bertz CT molecular complexity index is 325. The van der Waals surface area contributed by atoms with Gasteiger partial charge in [0.15, 0.2) is 0 Å². The molecule has 0 aromatic rings. The van der Waals surface area contributed by atoms with Crippen LogP contribution in [0.2, 0.25) is 0 Å². The molecule has 0 aromatic heterocycles. The second-order valence-corrected chi connectivity index (χ2v) is 7.30. The summed E-state index contributed by atoms with van der Waals surface area (Å²) in [6.07, 6.45) is 15.1. The van der Waals surface area contributed by atoms with Crippen LogP contribution in [0.15, 0.2) is 0 Å². The van der Waals surface area contributed by atoms with Crippen molar-refractivity contribution in [1.29, 1.82) is 0 Å². The molecule has 0 rings (SSSR count). The molecule has 0 amide bonds. The third kappa shape index (κ3) is 23.9. The maximum absolute atomic E-state index is 10.3. The van der Waals surface area contributed by atoms with Crippen molar-refractivity contribution in [3.63, 3.8) is 0 Å². The molecule has 10 heteroatoms. The molecule has 0 atom stereocenters. The largest absolute Gasteiger partial charge is 0.469 e. The predicted molar refractivity (Wildman–Crippen MR) is 94.2 cm³/mol. The molecule has 2 N–H and O–H groups in total. The first-order chi connectivity index (χ1) is 12.6. The second-order valence-electron chi connectivity index (χ2n) is 6.06. The molecular weight excluding hydrogens is 367 g/mol. The van der Waals surface area contributed by atoms with Gasteiger partial charge >= 0.3 is 7.82 Å². The summed E-state index contributed by atoms with van der Waals surface area (Å²) in [5.41, 5.74) is 0. The van der Waals surface area contributed by atoms with Crippen molar-refractivity contribution in [3.05, 3.63) is 0 Å². The van der Waals surface area contributed by atoms with E-state index in [-0.39, 0.29) is 13.2 Å². The Kier molecular flexibility index (Phi) is 19.6. The van der Waals surface area contributed by atoms with E-state index < -0.39 is 7.82 Å². The molecule has 0 fully saturated rings. The fourth-order valence-corrected chi connectivity index (χ4v) is 2.62. The monoisotopic (exact) mass is 402 g/mol. The number of rotatable bonds is 21. The summed E-state index contributed by atoms with van der Waals surface area (Å²) in [5.74, 6) is 0. The Labute approximate surface area is 156 Å². The van der Waals surface area contributed by atoms with Gasteiger partial charge in [0.2, 0.25) is 0 Å². The molecule has 158 valence electrons. The highest BCUT2D eigenvalue weighted by atomic mass is 31.2. The fraction of sp³-hybridized carbons (Fsp3) is 1.00. The first kappa shape index (κ1) is 25.9. The number of unbranched alkanes of at least 4 members (excludes halogenated alkanes) is 11. The van der Waals surface area contributed by atoms with Crippen molar-refractivity contribution in [2.24, 2.45) is 0 Å². The van der Waals surface area contributed by atoms with E-state index >= 15 is 0 Å². The Balaban J connectivity index is 3.02. The Morgan fingerprint density at radius 3 is 1.58 bits per heavy atom. The number of phosphoric acid groups is 1. The molecular formula is C16H35O9P. The van der Waals surface area contributed by atoms with Gasteiger partial charge in [-0.05, 0) is 21.5 Å². The van der Waals surface area contributed by atoms with Crippen molar-refractivity contribution in [1.82, 2.24) is 0 Å². The quantitative estimate of drug-likeness (QED) is 0.124. The van der Waals surface area contributed by atoms with Gasteiger partial charge in [-0.15, -0.1) is 0 Å². The minimum Gasteiger partial charge on any atom is -0.303 e. The molecule has 0 heterocycles. The van der Waals surface area contributed by atoms with Gasteiger partial charge in [0.1, 0.15) is 6.61 Å². The number of hydrogen-bond acceptors (Lipinski definition) is 7. The molecule has 0 unspecified atom stereocenters. The molecule has 0 aliphatic carbocycles. The predicted octanol–water partition coefficient (Wildman–Crippen LogP) is 4.54. The van der Waals surface area contributed by atoms with Gasteiger partial charge in [0, 0.05) is 0 Å². The van der Waals surface area contributed by atoms with Gasteiger partial charge in [-0.1, -0.05) is 77.6 Å². The van der Waals surface area contributed by atoms with Crippen LogP contribution in [0.5, 0.6) is 0 Å². The average Bonchev–Trinajstić information content (AvgIpc) is 2.59. The first-order valence-electron chi connectivity index (χ1n) is 9.50. The van der Waals surface area contributed by atoms with Gasteiger partial charge in [0.25, 0.3) is 0 Å². The summed E-state index contributed by atoms with van der Waals surface area (Å²) >= 11 is 0. The average molecular weight is 402 g/mol. The van der Waals surface area contributed by atoms with Crippen LogP contribution in [0.4, 0.5) is 0 Å². The van der Waals surface area contributed by atoms with Crippen LogP contribution in [-0.4, -0.2) is 29.6 Å². The summed E-state index contributed by atoms with van der Waals surface area (Å²) in [4.78, 5) is 25.8. The summed E-state index contributed by atoms with van der Waals surface area (Å²) in [6, 6.07) is 0. The van der Waals surface area contributed by atoms with Crippen molar-refractivity contribution in [2.45, 2.75) is 84.0 Å². The third-order valence-corrected chi connectivity index (χ3v) is 4.18. The van der Waals surface area contributed by atoms with E-state index in [2.05, 4.69) is 31.4 Å². The summed E-state index contributed by atoms with van der Waals surface area (Å²) in [6.45, 7) is 2.02. The van der Waals surface area contributed by atoms with Crippen molar-refractivity contribution in [3.8, 4) is 0 Å². The maximum atomic E-state index is 10.3. The van der Waals surface area contributed by atoms with Gasteiger partial charge in [-0.3, -0.25) is 4.52 Å². The molecule has 0 radical (unpaired) electrons. The van der Waals surface area contributed by atoms with E-state index in [0.29, 0.717) is 6.61 Å². The third-order valence-electron chi connectivity index (χ3n) is 3.66. The molecule has 0 aliphatic rings. The zero-order valence-corrected chi connectivity index (χ0v) is 16.7. The molecule has 0 saturated carbocycles. The Morgan fingerprint density at radius 2 is 1.08 bits per heavy atom. The van der Waals surface area contributed by atoms with E-state index in [1.807, 2.05) is 0 Å². The SMILES string of the molecule is CCCCCCCCCCCCCCOOOOOCCOP(=O)(O)O. The van der Waals surface area contributed by atoms with Crippen LogP contribution in [-0.2, 0) is 34.0 Å². The van der Waals surface area contributed by atoms with Gasteiger partial charge in [-0.2, -0.15) is 0 Å². The van der Waals surface area contributed by atoms with Crippen molar-refractivity contribution < 1.29 is 43.8 Å². The van der Waals surface area contributed by atoms with Crippen LogP contribution in [0.25, 0.3) is 0 Å². The van der Waals surface area contributed by atoms with Gasteiger partial charge in [-0.25, -0.2) is 14.3 Å². The van der Waals surface area contributed by atoms with Gasteiger partial charge in [0.05, 0.1) is 13.2 Å². The van der Waals surface area contributed by atoms with Crippen LogP contribution < -0.4 is 0 Å². The lowest BCUT2D eigenvalue weighted by atomic mass is 10.1. The zero-order chi connectivity index (χ0) is 19.3. The van der Waals surface area contributed by atoms with Crippen molar-refractivity contribution in [2.75, 3.05) is 19.8 Å². The summed E-state index contributed by atoms with van der Waals surface area (Å²) < 4.78 is 14.4. The first-order valence-corrected chi connectivity index (χ1v) is 11.0. The fourth-order valence-electron chi connectivity index (χ4n) is 2.31. The topological polar surface area (TPSA) is 113 Å². The minimum absolute atomic E-state index is 0.243. The van der Waals surface area contributed by atoms with E-state index in [1.54, 1.807) is 0 Å². The summed E-state index contributed by atoms with van der Waals surface area (Å²) in [7, 11) is -4.49. The highest BCUT2D eigenvalue weighted by Crippen LogP contribution is 2.35. The van der Waals surface area contributed by atoms with Crippen LogP contribution >= 0.6 is 7.82 Å². The number of phosphoric ester groups is 1. The molecule has 0 saturated heterocycles. The lowest BCUT2D eigenvalue weighted by Crippen LogP contribution is -2.05. The molecule has 0 bridgehead atoms. The standard InChI is InChI=1S/C16H35O9P/c1-2-3-4-5-6-7-8-9-10-11-12-13-14-20-23-25-24-21-15-16-22-26(17,18)19/h2-16H2,1H3,(H2,17,18,19). The molecule has 0 spiro atoms. The lowest BCUT2D eigenvalue weighted by molar-refractivity contribution is -0.708. The minimum atomic E-state index is -4.49. The Morgan fingerprint density at radius 1 is 0.615 bits per heavy atom. The van der Waals surface area contributed by atoms with E-state index in [1.165, 1.54) is 64.2 Å². The smallest absolute Gasteiger partial charge is 0.303 e. The lowest BCUT2D eigenvalue weighted by Gasteiger charge is -2.04. The van der Waals surface area contributed by atoms with Crippen LogP contribution in [0.3, 0.4) is 0 Å². The molecule has 9 nitrogen and oxygen atoms in total. The Hall–Kier alpha value is -0.0900. The van der Waals surface area contributed by atoms with Crippen molar-refractivity contribution >= 4 is 7.82 Å². The maximum Gasteiger partial charge on any atom is 0.469 e. The molecule has 0 aliphatic heterocycles. The molecule has 0 aromatic carbocycles. The second kappa shape index (κ2) is 19.7. The van der Waals surface area contributed by atoms with Crippen LogP contribution in [0.1, 0.15) is 84.0 Å². The van der Waals surface area contributed by atoms with E-state index in [9.17, 15) is 4.57 Å². The number of hydrogen-bond donors (Lipinski definition) is 2. The summed E-state index contributed by atoms with van der Waals surface area (Å²) in [5, 5.41) is 12.4. The molecule has 26 heavy (non-hydrogen) atoms. The van der Waals surface area contributed by atoms with E-state index in [4.69, 9.17) is 14.7 Å². The zero-order valence-electron chi connectivity index (χ0n) is 15.8.